The molecular formula is C31H36O6. The molecule has 1 aliphatic rings. The van der Waals surface area contributed by atoms with Gasteiger partial charge in [0.05, 0.1) is 45.6 Å². The van der Waals surface area contributed by atoms with Crippen molar-refractivity contribution in [3.05, 3.63) is 108 Å². The zero-order valence-electron chi connectivity index (χ0n) is 21.6. The van der Waals surface area contributed by atoms with Gasteiger partial charge in [-0.2, -0.15) is 0 Å². The van der Waals surface area contributed by atoms with Crippen LogP contribution >= 0.6 is 0 Å². The fourth-order valence-corrected chi connectivity index (χ4v) is 4.61. The summed E-state index contributed by atoms with van der Waals surface area (Å²) in [6, 6.07) is 29.9. The predicted molar refractivity (Wildman–Crippen MR) is 141 cm³/mol. The van der Waals surface area contributed by atoms with Crippen LogP contribution in [0.2, 0.25) is 0 Å². The second kappa shape index (κ2) is 13.5. The quantitative estimate of drug-likeness (QED) is 0.287. The molecule has 0 radical (unpaired) electrons. The van der Waals surface area contributed by atoms with Gasteiger partial charge in [-0.1, -0.05) is 91.0 Å². The minimum atomic E-state index is -0.905. The Bertz CT molecular complexity index is 1070. The largest absolute Gasteiger partial charge is 0.466 e. The molecule has 6 heteroatoms. The first-order valence-corrected chi connectivity index (χ1v) is 12.8. The highest BCUT2D eigenvalue weighted by Gasteiger charge is 2.56. The summed E-state index contributed by atoms with van der Waals surface area (Å²) < 4.78 is 30.8. The Morgan fingerprint density at radius 2 is 1.35 bits per heavy atom. The maximum absolute atomic E-state index is 12.5. The lowest BCUT2D eigenvalue weighted by Crippen LogP contribution is -2.50. The van der Waals surface area contributed by atoms with Gasteiger partial charge in [0.15, 0.2) is 0 Å². The highest BCUT2D eigenvalue weighted by Crippen LogP contribution is 2.40. The van der Waals surface area contributed by atoms with Gasteiger partial charge in [0.2, 0.25) is 0 Å². The van der Waals surface area contributed by atoms with Crippen molar-refractivity contribution in [2.24, 2.45) is 0 Å². The van der Waals surface area contributed by atoms with Crippen LogP contribution in [0.5, 0.6) is 0 Å². The van der Waals surface area contributed by atoms with Gasteiger partial charge >= 0.3 is 5.97 Å². The van der Waals surface area contributed by atoms with E-state index in [9.17, 15) is 4.79 Å². The van der Waals surface area contributed by atoms with Gasteiger partial charge in [0, 0.05) is 0 Å². The number of rotatable bonds is 13. The van der Waals surface area contributed by atoms with Crippen LogP contribution in [0.3, 0.4) is 0 Å². The maximum atomic E-state index is 12.5. The van der Waals surface area contributed by atoms with E-state index in [-0.39, 0.29) is 12.4 Å². The Labute approximate surface area is 219 Å². The normalized spacial score (nSPS) is 23.1. The van der Waals surface area contributed by atoms with Crippen LogP contribution < -0.4 is 0 Å². The topological polar surface area (TPSA) is 63.2 Å². The van der Waals surface area contributed by atoms with E-state index in [2.05, 4.69) is 0 Å². The monoisotopic (exact) mass is 504 g/mol. The molecule has 0 N–H and O–H groups in total. The van der Waals surface area contributed by atoms with E-state index in [1.54, 1.807) is 6.92 Å². The average Bonchev–Trinajstić information content (AvgIpc) is 3.18. The van der Waals surface area contributed by atoms with Gasteiger partial charge in [-0.15, -0.1) is 0 Å². The molecule has 3 aromatic carbocycles. The van der Waals surface area contributed by atoms with Crippen LogP contribution in [-0.2, 0) is 48.3 Å². The van der Waals surface area contributed by atoms with Crippen LogP contribution in [0.1, 0.15) is 37.0 Å². The summed E-state index contributed by atoms with van der Waals surface area (Å²) in [5.74, 6) is -0.324. The van der Waals surface area contributed by atoms with Gasteiger partial charge in [-0.3, -0.25) is 4.79 Å². The first-order chi connectivity index (χ1) is 18.1. The third-order valence-electron chi connectivity index (χ3n) is 6.60. The second-order valence-corrected chi connectivity index (χ2v) is 9.35. The Morgan fingerprint density at radius 3 is 1.92 bits per heavy atom. The lowest BCUT2D eigenvalue weighted by Gasteiger charge is -2.35. The zero-order valence-corrected chi connectivity index (χ0v) is 21.6. The van der Waals surface area contributed by atoms with Gasteiger partial charge < -0.3 is 23.7 Å². The molecule has 0 aromatic heterocycles. The fraction of sp³-hybridized carbons (Fsp3) is 0.387. The zero-order chi connectivity index (χ0) is 25.9. The second-order valence-electron chi connectivity index (χ2n) is 9.35. The first-order valence-electron chi connectivity index (χ1n) is 12.8. The third-order valence-corrected chi connectivity index (χ3v) is 6.60. The van der Waals surface area contributed by atoms with Crippen molar-refractivity contribution in [2.75, 3.05) is 13.2 Å². The molecule has 0 spiro atoms. The third kappa shape index (κ3) is 7.49. The molecule has 4 atom stereocenters. The van der Waals surface area contributed by atoms with Crippen molar-refractivity contribution < 1.29 is 28.5 Å². The molecule has 37 heavy (non-hydrogen) atoms. The Hall–Kier alpha value is -3.03. The van der Waals surface area contributed by atoms with Gasteiger partial charge in [0.25, 0.3) is 0 Å². The molecule has 0 aliphatic carbocycles. The lowest BCUT2D eigenvalue weighted by molar-refractivity contribution is -0.160. The van der Waals surface area contributed by atoms with Crippen LogP contribution in [0.15, 0.2) is 91.0 Å². The van der Waals surface area contributed by atoms with E-state index in [0.29, 0.717) is 33.0 Å². The van der Waals surface area contributed by atoms with Crippen molar-refractivity contribution in [1.29, 1.82) is 0 Å². The Morgan fingerprint density at radius 1 is 0.811 bits per heavy atom. The summed E-state index contributed by atoms with van der Waals surface area (Å²) in [7, 11) is 0. The summed E-state index contributed by atoms with van der Waals surface area (Å²) in [4.78, 5) is 12.5. The molecule has 1 saturated heterocycles. The first kappa shape index (κ1) is 27.0. The van der Waals surface area contributed by atoms with E-state index in [0.717, 1.165) is 16.7 Å². The summed E-state index contributed by atoms with van der Waals surface area (Å²) in [6.45, 7) is 5.58. The van der Waals surface area contributed by atoms with Crippen LogP contribution in [-0.4, -0.2) is 43.1 Å². The Kier molecular flexibility index (Phi) is 9.85. The lowest BCUT2D eigenvalue weighted by atomic mass is 9.90. The summed E-state index contributed by atoms with van der Waals surface area (Å²) >= 11 is 0. The van der Waals surface area contributed by atoms with Gasteiger partial charge in [0.1, 0.15) is 17.8 Å². The number of hydrogen-bond acceptors (Lipinski definition) is 6. The van der Waals surface area contributed by atoms with E-state index in [1.807, 2.05) is 97.9 Å². The van der Waals surface area contributed by atoms with Crippen molar-refractivity contribution in [3.63, 3.8) is 0 Å². The minimum absolute atomic E-state index is 0.0690. The van der Waals surface area contributed by atoms with Gasteiger partial charge in [-0.25, -0.2) is 0 Å². The molecule has 0 bridgehead atoms. The van der Waals surface area contributed by atoms with E-state index in [1.165, 1.54) is 0 Å². The highest BCUT2D eigenvalue weighted by atomic mass is 16.6. The molecule has 196 valence electrons. The standard InChI is InChI=1S/C31H36O6/c1-3-34-29(32)19-28-31(2,36-22-26-17-11-6-12-18-26)30(35-21-25-15-9-5-10-16-25)27(37-28)23-33-20-24-13-7-4-8-14-24/h4-18,27-28,30H,3,19-23H2,1-2H3/t27-,28?,30-,31?/m1/s1. The van der Waals surface area contributed by atoms with Crippen LogP contribution in [0, 0.1) is 0 Å². The number of benzene rings is 3. The van der Waals surface area contributed by atoms with Crippen molar-refractivity contribution >= 4 is 5.97 Å². The summed E-state index contributed by atoms with van der Waals surface area (Å²) in [5, 5.41) is 0. The molecular weight excluding hydrogens is 468 g/mol. The molecule has 0 amide bonds. The summed E-state index contributed by atoms with van der Waals surface area (Å²) in [5.41, 5.74) is 2.25. The Balaban J connectivity index is 1.54. The maximum Gasteiger partial charge on any atom is 0.308 e. The molecule has 1 aliphatic heterocycles. The average molecular weight is 505 g/mol. The molecule has 1 heterocycles. The van der Waals surface area contributed by atoms with Crippen molar-refractivity contribution in [2.45, 2.75) is 64.0 Å². The number of hydrogen-bond donors (Lipinski definition) is 0. The smallest absolute Gasteiger partial charge is 0.308 e. The molecule has 4 rings (SSSR count). The van der Waals surface area contributed by atoms with Gasteiger partial charge in [-0.05, 0) is 30.5 Å². The molecule has 3 aromatic rings. The minimum Gasteiger partial charge on any atom is -0.466 e. The van der Waals surface area contributed by atoms with Crippen molar-refractivity contribution in [3.8, 4) is 0 Å². The molecule has 1 fully saturated rings. The number of carbonyl (C=O) groups is 1. The highest BCUT2D eigenvalue weighted by molar-refractivity contribution is 5.70. The van der Waals surface area contributed by atoms with Crippen molar-refractivity contribution in [1.82, 2.24) is 0 Å². The summed E-state index contributed by atoms with van der Waals surface area (Å²) in [6.07, 6.45) is -1.37. The molecule has 0 saturated carbocycles. The van der Waals surface area contributed by atoms with Crippen LogP contribution in [0.4, 0.5) is 0 Å². The number of carbonyl (C=O) groups excluding carboxylic acids is 1. The number of ether oxygens (including phenoxy) is 5. The molecule has 2 unspecified atom stereocenters. The molecule has 6 nitrogen and oxygen atoms in total. The number of esters is 1. The van der Waals surface area contributed by atoms with Crippen LogP contribution in [0.25, 0.3) is 0 Å². The van der Waals surface area contributed by atoms with E-state index in [4.69, 9.17) is 23.7 Å². The SMILES string of the molecule is CCOC(=O)CC1O[C@H](COCc2ccccc2)[C@@H](OCc2ccccc2)C1(C)OCc1ccccc1. The fourth-order valence-electron chi connectivity index (χ4n) is 4.61. The van der Waals surface area contributed by atoms with E-state index < -0.39 is 23.9 Å². The van der Waals surface area contributed by atoms with E-state index >= 15 is 0 Å². The predicted octanol–water partition coefficient (Wildman–Crippen LogP) is 5.48.